The molecule has 5 heteroatoms. The van der Waals surface area contributed by atoms with E-state index >= 15 is 0 Å². The van der Waals surface area contributed by atoms with Gasteiger partial charge >= 0.3 is 0 Å². The average molecular weight is 227 g/mol. The van der Waals surface area contributed by atoms with Gasteiger partial charge in [-0.2, -0.15) is 0 Å². The van der Waals surface area contributed by atoms with E-state index < -0.39 is 0 Å². The van der Waals surface area contributed by atoms with Gasteiger partial charge in [0.15, 0.2) is 0 Å². The van der Waals surface area contributed by atoms with Gasteiger partial charge < -0.3 is 19.4 Å². The Balaban J connectivity index is 2.14. The van der Waals surface area contributed by atoms with Gasteiger partial charge in [0.25, 0.3) is 0 Å². The Kier molecular flexibility index (Phi) is 6.07. The monoisotopic (exact) mass is 227 g/mol. The highest BCUT2D eigenvalue weighted by Crippen LogP contribution is 1.94. The Hall–Kier alpha value is -0.910. The first-order valence-electron chi connectivity index (χ1n) is 5.46. The second-order valence-corrected chi connectivity index (χ2v) is 3.72. The molecular formula is C11H21N3O2. The van der Waals surface area contributed by atoms with Crippen LogP contribution in [0.3, 0.4) is 0 Å². The maximum absolute atomic E-state index is 5.24. The Morgan fingerprint density at radius 2 is 2.31 bits per heavy atom. The highest BCUT2D eigenvalue weighted by molar-refractivity contribution is 4.91. The molecule has 1 aromatic heterocycles. The van der Waals surface area contributed by atoms with Gasteiger partial charge in [-0.05, 0) is 0 Å². The van der Waals surface area contributed by atoms with E-state index in [9.17, 15) is 0 Å². The Morgan fingerprint density at radius 1 is 1.50 bits per heavy atom. The van der Waals surface area contributed by atoms with Gasteiger partial charge in [0.1, 0.15) is 5.82 Å². The molecule has 92 valence electrons. The van der Waals surface area contributed by atoms with Crippen LogP contribution >= 0.6 is 0 Å². The van der Waals surface area contributed by atoms with E-state index in [-0.39, 0.29) is 6.10 Å². The van der Waals surface area contributed by atoms with Crippen molar-refractivity contribution in [2.24, 2.45) is 7.05 Å². The molecule has 5 nitrogen and oxygen atoms in total. The van der Waals surface area contributed by atoms with Gasteiger partial charge in [0.05, 0.1) is 12.7 Å². The van der Waals surface area contributed by atoms with Crippen LogP contribution in [0.4, 0.5) is 0 Å². The fraction of sp³-hybridized carbons (Fsp3) is 0.727. The zero-order valence-electron chi connectivity index (χ0n) is 10.3. The quantitative estimate of drug-likeness (QED) is 0.645. The number of methoxy groups -OCH3 is 2. The fourth-order valence-corrected chi connectivity index (χ4v) is 1.50. The third-order valence-corrected chi connectivity index (χ3v) is 2.50. The van der Waals surface area contributed by atoms with Crippen LogP contribution in [0, 0.1) is 0 Å². The summed E-state index contributed by atoms with van der Waals surface area (Å²) in [5.41, 5.74) is 0. The average Bonchev–Trinajstić information content (AvgIpc) is 2.69. The van der Waals surface area contributed by atoms with Gasteiger partial charge in [-0.15, -0.1) is 0 Å². The van der Waals surface area contributed by atoms with Crippen molar-refractivity contribution in [1.29, 1.82) is 0 Å². The van der Waals surface area contributed by atoms with Crippen molar-refractivity contribution in [1.82, 2.24) is 14.9 Å². The van der Waals surface area contributed by atoms with E-state index in [2.05, 4.69) is 10.3 Å². The zero-order chi connectivity index (χ0) is 11.8. The molecule has 0 saturated carbocycles. The standard InChI is InChI=1S/C11H21N3O2/c1-14-7-6-13-11(14)4-5-12-8-10(16-3)9-15-2/h6-7,10,12H,4-5,8-9H2,1-3H3. The number of rotatable bonds is 8. The molecule has 0 radical (unpaired) electrons. The first-order valence-corrected chi connectivity index (χ1v) is 5.46. The van der Waals surface area contributed by atoms with E-state index in [4.69, 9.17) is 9.47 Å². The largest absolute Gasteiger partial charge is 0.382 e. The van der Waals surface area contributed by atoms with Crippen molar-refractivity contribution in [2.45, 2.75) is 12.5 Å². The van der Waals surface area contributed by atoms with Crippen LogP contribution in [-0.2, 0) is 22.9 Å². The maximum atomic E-state index is 5.24. The first kappa shape index (κ1) is 13.2. The normalized spacial score (nSPS) is 12.9. The summed E-state index contributed by atoms with van der Waals surface area (Å²) in [7, 11) is 5.38. The highest BCUT2D eigenvalue weighted by Gasteiger charge is 2.05. The highest BCUT2D eigenvalue weighted by atomic mass is 16.5. The molecule has 0 aliphatic heterocycles. The third-order valence-electron chi connectivity index (χ3n) is 2.50. The smallest absolute Gasteiger partial charge is 0.109 e. The van der Waals surface area contributed by atoms with E-state index in [1.54, 1.807) is 14.2 Å². The number of hydrogen-bond acceptors (Lipinski definition) is 4. The number of ether oxygens (including phenoxy) is 2. The second kappa shape index (κ2) is 7.38. The lowest BCUT2D eigenvalue weighted by Gasteiger charge is -2.14. The molecule has 0 fully saturated rings. The van der Waals surface area contributed by atoms with E-state index in [1.165, 1.54) is 0 Å². The fourth-order valence-electron chi connectivity index (χ4n) is 1.50. The number of nitrogens with zero attached hydrogens (tertiary/aromatic N) is 2. The van der Waals surface area contributed by atoms with Crippen molar-refractivity contribution in [3.63, 3.8) is 0 Å². The van der Waals surface area contributed by atoms with Crippen molar-refractivity contribution < 1.29 is 9.47 Å². The van der Waals surface area contributed by atoms with Crippen LogP contribution in [0.15, 0.2) is 12.4 Å². The van der Waals surface area contributed by atoms with Crippen molar-refractivity contribution in [2.75, 3.05) is 33.9 Å². The Morgan fingerprint density at radius 3 is 2.88 bits per heavy atom. The molecule has 1 rings (SSSR count). The van der Waals surface area contributed by atoms with Crippen LogP contribution in [0.5, 0.6) is 0 Å². The van der Waals surface area contributed by atoms with Gasteiger partial charge in [0.2, 0.25) is 0 Å². The van der Waals surface area contributed by atoms with Gasteiger partial charge in [-0.25, -0.2) is 4.98 Å². The first-order chi connectivity index (χ1) is 7.77. The molecule has 1 unspecified atom stereocenters. The molecule has 1 N–H and O–H groups in total. The summed E-state index contributed by atoms with van der Waals surface area (Å²) >= 11 is 0. The van der Waals surface area contributed by atoms with E-state index in [0.29, 0.717) is 6.61 Å². The Bertz CT molecular complexity index is 289. The van der Waals surface area contributed by atoms with Crippen molar-refractivity contribution in [3.8, 4) is 0 Å². The number of aromatic nitrogens is 2. The zero-order valence-corrected chi connectivity index (χ0v) is 10.3. The van der Waals surface area contributed by atoms with Crippen LogP contribution in [0.1, 0.15) is 5.82 Å². The molecule has 1 atom stereocenters. The number of imidazole rings is 1. The van der Waals surface area contributed by atoms with Crippen molar-refractivity contribution >= 4 is 0 Å². The van der Waals surface area contributed by atoms with E-state index in [0.717, 1.165) is 25.3 Å². The number of hydrogen-bond donors (Lipinski definition) is 1. The molecule has 0 spiro atoms. The Labute approximate surface area is 96.8 Å². The molecule has 0 saturated heterocycles. The minimum atomic E-state index is 0.117. The SMILES string of the molecule is COCC(CNCCc1nccn1C)OC. The topological polar surface area (TPSA) is 48.3 Å². The minimum absolute atomic E-state index is 0.117. The number of nitrogens with one attached hydrogen (secondary N) is 1. The van der Waals surface area contributed by atoms with Gasteiger partial charge in [-0.1, -0.05) is 0 Å². The molecule has 0 amide bonds. The molecule has 1 heterocycles. The summed E-state index contributed by atoms with van der Waals surface area (Å²) in [6, 6.07) is 0. The van der Waals surface area contributed by atoms with Crippen molar-refractivity contribution in [3.05, 3.63) is 18.2 Å². The summed E-state index contributed by atoms with van der Waals surface area (Å²) in [6.07, 6.45) is 4.81. The molecule has 16 heavy (non-hydrogen) atoms. The van der Waals surface area contributed by atoms with Crippen LogP contribution in [0.25, 0.3) is 0 Å². The summed E-state index contributed by atoms with van der Waals surface area (Å²) in [4.78, 5) is 4.26. The molecule has 0 aliphatic carbocycles. The van der Waals surface area contributed by atoms with Gasteiger partial charge in [-0.3, -0.25) is 0 Å². The summed E-state index contributed by atoms with van der Waals surface area (Å²) < 4.78 is 12.3. The summed E-state index contributed by atoms with van der Waals surface area (Å²) in [6.45, 7) is 2.31. The van der Waals surface area contributed by atoms with Crippen LogP contribution < -0.4 is 5.32 Å². The molecule has 0 aromatic carbocycles. The van der Waals surface area contributed by atoms with Crippen LogP contribution in [0.2, 0.25) is 0 Å². The summed E-state index contributed by atoms with van der Waals surface area (Å²) in [5, 5.41) is 3.33. The van der Waals surface area contributed by atoms with Gasteiger partial charge in [0, 0.05) is 53.2 Å². The lowest BCUT2D eigenvalue weighted by molar-refractivity contribution is 0.0291. The predicted molar refractivity (Wildman–Crippen MR) is 62.5 cm³/mol. The maximum Gasteiger partial charge on any atom is 0.109 e. The lowest BCUT2D eigenvalue weighted by atomic mass is 10.3. The third kappa shape index (κ3) is 4.30. The summed E-state index contributed by atoms with van der Waals surface area (Å²) in [5.74, 6) is 1.09. The number of aryl methyl sites for hydroxylation is 1. The molecule has 0 bridgehead atoms. The lowest BCUT2D eigenvalue weighted by Crippen LogP contribution is -2.33. The molecular weight excluding hydrogens is 206 g/mol. The minimum Gasteiger partial charge on any atom is -0.382 e. The molecule has 1 aromatic rings. The second-order valence-electron chi connectivity index (χ2n) is 3.72. The van der Waals surface area contributed by atoms with Crippen LogP contribution in [-0.4, -0.2) is 49.6 Å². The van der Waals surface area contributed by atoms with E-state index in [1.807, 2.05) is 24.0 Å². The predicted octanol–water partition coefficient (Wildman–Crippen LogP) is 0.214. The molecule has 0 aliphatic rings.